The summed E-state index contributed by atoms with van der Waals surface area (Å²) < 4.78 is 0. The number of nitrogens with one attached hydrogen (secondary N) is 1. The van der Waals surface area contributed by atoms with E-state index in [1.54, 1.807) is 30.5 Å². The molecule has 0 unspecified atom stereocenters. The fourth-order valence-electron chi connectivity index (χ4n) is 2.25. The summed E-state index contributed by atoms with van der Waals surface area (Å²) in [4.78, 5) is 23.2. The van der Waals surface area contributed by atoms with E-state index in [1.807, 2.05) is 0 Å². The average molecular weight is 367 g/mol. The van der Waals surface area contributed by atoms with Crippen molar-refractivity contribution in [3.05, 3.63) is 46.2 Å². The van der Waals surface area contributed by atoms with Crippen LogP contribution in [0.25, 0.3) is 0 Å². The van der Waals surface area contributed by atoms with Gasteiger partial charge in [0.25, 0.3) is 5.91 Å². The Morgan fingerprint density at radius 3 is 2.46 bits per heavy atom. The molecule has 1 heterocycles. The summed E-state index contributed by atoms with van der Waals surface area (Å²) in [5, 5.41) is 3.59. The number of anilines is 2. The van der Waals surface area contributed by atoms with Crippen LogP contribution in [0, 0.1) is 0 Å². The summed E-state index contributed by atoms with van der Waals surface area (Å²) in [5.41, 5.74) is 0.872. The molecule has 0 bridgehead atoms. The van der Waals surface area contributed by atoms with Crippen LogP contribution in [0.15, 0.2) is 30.5 Å². The molecule has 1 amide bonds. The first-order valence-electron chi connectivity index (χ1n) is 7.89. The average Bonchev–Trinajstić information content (AvgIpc) is 2.58. The molecular formula is C17H20Cl2N4O. The summed E-state index contributed by atoms with van der Waals surface area (Å²) in [6.07, 6.45) is 3.58. The monoisotopic (exact) mass is 366 g/mol. The van der Waals surface area contributed by atoms with E-state index in [0.717, 1.165) is 25.9 Å². The minimum absolute atomic E-state index is 0.309. The van der Waals surface area contributed by atoms with Gasteiger partial charge in [-0.05, 0) is 37.1 Å². The number of benzene rings is 1. The molecule has 0 fully saturated rings. The van der Waals surface area contributed by atoms with Crippen LogP contribution in [0.2, 0.25) is 10.0 Å². The number of nitrogens with zero attached hydrogens (tertiary/aromatic N) is 3. The number of rotatable bonds is 7. The summed E-state index contributed by atoms with van der Waals surface area (Å²) >= 11 is 11.8. The van der Waals surface area contributed by atoms with Crippen LogP contribution in [0.1, 0.15) is 37.2 Å². The molecule has 0 saturated carbocycles. The lowest BCUT2D eigenvalue weighted by molar-refractivity contribution is 0.102. The molecule has 5 nitrogen and oxygen atoms in total. The molecule has 0 aliphatic heterocycles. The van der Waals surface area contributed by atoms with Crippen molar-refractivity contribution < 1.29 is 4.79 Å². The number of halogens is 2. The van der Waals surface area contributed by atoms with Crippen molar-refractivity contribution in [2.45, 2.75) is 26.7 Å². The Labute approximate surface area is 152 Å². The van der Waals surface area contributed by atoms with Crippen molar-refractivity contribution in [1.29, 1.82) is 0 Å². The maximum atomic E-state index is 12.4. The topological polar surface area (TPSA) is 58.1 Å². The summed E-state index contributed by atoms with van der Waals surface area (Å²) in [6.45, 7) is 5.91. The van der Waals surface area contributed by atoms with Gasteiger partial charge in [-0.1, -0.05) is 37.0 Å². The first-order chi connectivity index (χ1) is 11.5. The van der Waals surface area contributed by atoms with Crippen molar-refractivity contribution in [1.82, 2.24) is 9.97 Å². The van der Waals surface area contributed by atoms with Gasteiger partial charge in [-0.25, -0.2) is 9.97 Å². The lowest BCUT2D eigenvalue weighted by Gasteiger charge is -2.21. The molecular weight excluding hydrogens is 347 g/mol. The minimum atomic E-state index is -0.315. The molecule has 0 radical (unpaired) electrons. The van der Waals surface area contributed by atoms with Crippen molar-refractivity contribution in [2.24, 2.45) is 0 Å². The highest BCUT2D eigenvalue weighted by Gasteiger charge is 2.13. The van der Waals surface area contributed by atoms with Crippen LogP contribution in [0.4, 0.5) is 11.6 Å². The normalized spacial score (nSPS) is 10.5. The SMILES string of the molecule is CCCN(CCC)c1nccc(C(=O)Nc2ccc(Cl)c(Cl)c2)n1. The van der Waals surface area contributed by atoms with Gasteiger partial charge in [-0.2, -0.15) is 0 Å². The van der Waals surface area contributed by atoms with Crippen molar-refractivity contribution >= 4 is 40.7 Å². The fourth-order valence-corrected chi connectivity index (χ4v) is 2.55. The van der Waals surface area contributed by atoms with E-state index in [-0.39, 0.29) is 5.91 Å². The van der Waals surface area contributed by atoms with E-state index in [1.165, 1.54) is 0 Å². The Kier molecular flexibility index (Phi) is 6.82. The second-order valence-corrected chi connectivity index (χ2v) is 6.13. The lowest BCUT2D eigenvalue weighted by Crippen LogP contribution is -2.27. The number of aromatic nitrogens is 2. The molecule has 0 aliphatic rings. The van der Waals surface area contributed by atoms with Crippen LogP contribution in [0.5, 0.6) is 0 Å². The van der Waals surface area contributed by atoms with Gasteiger partial charge in [0.2, 0.25) is 5.95 Å². The Morgan fingerprint density at radius 2 is 1.83 bits per heavy atom. The fraction of sp³-hybridized carbons (Fsp3) is 0.353. The second kappa shape index (κ2) is 8.85. The predicted octanol–water partition coefficient (Wildman–Crippen LogP) is 4.66. The van der Waals surface area contributed by atoms with E-state index < -0.39 is 0 Å². The van der Waals surface area contributed by atoms with Gasteiger partial charge >= 0.3 is 0 Å². The van der Waals surface area contributed by atoms with Crippen LogP contribution in [-0.2, 0) is 0 Å². The van der Waals surface area contributed by atoms with E-state index in [9.17, 15) is 4.79 Å². The van der Waals surface area contributed by atoms with Gasteiger partial charge in [-0.15, -0.1) is 0 Å². The molecule has 2 aromatic rings. The van der Waals surface area contributed by atoms with Crippen molar-refractivity contribution in [3.63, 3.8) is 0 Å². The molecule has 1 N–H and O–H groups in total. The zero-order chi connectivity index (χ0) is 17.5. The first-order valence-corrected chi connectivity index (χ1v) is 8.65. The molecule has 24 heavy (non-hydrogen) atoms. The smallest absolute Gasteiger partial charge is 0.274 e. The molecule has 0 atom stereocenters. The van der Waals surface area contributed by atoms with Gasteiger partial charge in [-0.3, -0.25) is 4.79 Å². The Hall–Kier alpha value is -1.85. The Morgan fingerprint density at radius 1 is 1.12 bits per heavy atom. The van der Waals surface area contributed by atoms with Crippen LogP contribution in [0.3, 0.4) is 0 Å². The quantitative estimate of drug-likeness (QED) is 0.773. The largest absolute Gasteiger partial charge is 0.341 e. The number of hydrogen-bond acceptors (Lipinski definition) is 4. The summed E-state index contributed by atoms with van der Waals surface area (Å²) in [5.74, 6) is 0.255. The van der Waals surface area contributed by atoms with Crippen LogP contribution in [-0.4, -0.2) is 29.0 Å². The Balaban J connectivity index is 2.17. The minimum Gasteiger partial charge on any atom is -0.341 e. The lowest BCUT2D eigenvalue weighted by atomic mass is 10.3. The van der Waals surface area contributed by atoms with E-state index in [2.05, 4.69) is 34.0 Å². The number of hydrogen-bond donors (Lipinski definition) is 1. The summed E-state index contributed by atoms with van der Waals surface area (Å²) in [7, 11) is 0. The summed E-state index contributed by atoms with van der Waals surface area (Å²) in [6, 6.07) is 6.51. The third kappa shape index (κ3) is 4.82. The maximum Gasteiger partial charge on any atom is 0.274 e. The van der Waals surface area contributed by atoms with Crippen LogP contribution >= 0.6 is 23.2 Å². The van der Waals surface area contributed by atoms with Gasteiger partial charge in [0.1, 0.15) is 5.69 Å². The van der Waals surface area contributed by atoms with E-state index in [4.69, 9.17) is 23.2 Å². The van der Waals surface area contributed by atoms with Gasteiger partial charge < -0.3 is 10.2 Å². The Bertz CT molecular complexity index is 703. The third-order valence-electron chi connectivity index (χ3n) is 3.32. The molecule has 0 aliphatic carbocycles. The van der Waals surface area contributed by atoms with Gasteiger partial charge in [0, 0.05) is 25.0 Å². The number of carbonyl (C=O) groups is 1. The first kappa shape index (κ1) is 18.5. The highest BCUT2D eigenvalue weighted by atomic mass is 35.5. The third-order valence-corrected chi connectivity index (χ3v) is 4.06. The zero-order valence-electron chi connectivity index (χ0n) is 13.7. The molecule has 1 aromatic heterocycles. The standard InChI is InChI=1S/C17H20Cl2N4O/c1-3-9-23(10-4-2)17-20-8-7-15(22-17)16(24)21-12-5-6-13(18)14(19)11-12/h5-8,11H,3-4,9-10H2,1-2H3,(H,21,24). The molecule has 2 rings (SSSR count). The number of amides is 1. The second-order valence-electron chi connectivity index (χ2n) is 5.31. The number of carbonyl (C=O) groups excluding carboxylic acids is 1. The molecule has 1 aromatic carbocycles. The van der Waals surface area contributed by atoms with E-state index >= 15 is 0 Å². The van der Waals surface area contributed by atoms with Gasteiger partial charge in [0.05, 0.1) is 10.0 Å². The highest BCUT2D eigenvalue weighted by Crippen LogP contribution is 2.25. The molecule has 7 heteroatoms. The molecule has 0 spiro atoms. The molecule has 128 valence electrons. The highest BCUT2D eigenvalue weighted by molar-refractivity contribution is 6.42. The van der Waals surface area contributed by atoms with Gasteiger partial charge in [0.15, 0.2) is 0 Å². The van der Waals surface area contributed by atoms with Crippen LogP contribution < -0.4 is 10.2 Å². The predicted molar refractivity (Wildman–Crippen MR) is 99.2 cm³/mol. The van der Waals surface area contributed by atoms with E-state index in [0.29, 0.717) is 27.4 Å². The van der Waals surface area contributed by atoms with Crippen molar-refractivity contribution in [2.75, 3.05) is 23.3 Å². The molecule has 0 saturated heterocycles. The zero-order valence-corrected chi connectivity index (χ0v) is 15.2. The maximum absolute atomic E-state index is 12.4. The van der Waals surface area contributed by atoms with Crippen molar-refractivity contribution in [3.8, 4) is 0 Å².